The fraction of sp³-hybridized carbons (Fsp3) is 0.294. The summed E-state index contributed by atoms with van der Waals surface area (Å²) in [6.45, 7) is 12.0. The summed E-state index contributed by atoms with van der Waals surface area (Å²) in [5.41, 5.74) is 2.53. The number of hydrogen-bond donors (Lipinski definition) is 1. The van der Waals surface area contributed by atoms with Crippen molar-refractivity contribution >= 4 is 0 Å². The Balaban J connectivity index is 2.34. The van der Waals surface area contributed by atoms with Crippen molar-refractivity contribution in [2.24, 2.45) is 0 Å². The predicted octanol–water partition coefficient (Wildman–Crippen LogP) is 2.93. The lowest BCUT2D eigenvalue weighted by atomic mass is 9.96. The van der Waals surface area contributed by atoms with Crippen LogP contribution in [0.2, 0.25) is 0 Å². The molecular weight excluding hydrogens is 232 g/mol. The molecule has 2 rings (SSSR count). The van der Waals surface area contributed by atoms with Gasteiger partial charge in [-0.1, -0.05) is 61.7 Å². The molecule has 1 aliphatic rings. The highest BCUT2D eigenvalue weighted by molar-refractivity contribution is 5.35. The van der Waals surface area contributed by atoms with Gasteiger partial charge in [-0.15, -0.1) is 0 Å². The fourth-order valence-corrected chi connectivity index (χ4v) is 2.60. The molecule has 0 amide bonds. The second-order valence-corrected chi connectivity index (χ2v) is 4.71. The maximum atomic E-state index is 3.96. The molecule has 1 saturated heterocycles. The Bertz CT molecular complexity index is 442. The van der Waals surface area contributed by atoms with Crippen LogP contribution in [0.1, 0.15) is 11.6 Å². The van der Waals surface area contributed by atoms with Crippen LogP contribution >= 0.6 is 0 Å². The molecule has 1 aromatic rings. The second-order valence-electron chi connectivity index (χ2n) is 4.71. The lowest BCUT2D eigenvalue weighted by molar-refractivity contribution is 0.198. The summed E-state index contributed by atoms with van der Waals surface area (Å²) in [6.07, 6.45) is 5.85. The number of hydrogen-bond acceptors (Lipinski definition) is 2. The van der Waals surface area contributed by atoms with Crippen LogP contribution in [-0.4, -0.2) is 31.1 Å². The summed E-state index contributed by atoms with van der Waals surface area (Å²) in [5, 5.41) is 3.40. The van der Waals surface area contributed by atoms with Gasteiger partial charge in [0.15, 0.2) is 0 Å². The number of allylic oxidation sites excluding steroid dienone is 2. The molecule has 1 N–H and O–H groups in total. The third kappa shape index (κ3) is 3.43. The molecule has 1 heterocycles. The van der Waals surface area contributed by atoms with Gasteiger partial charge in [-0.2, -0.15) is 0 Å². The molecule has 0 aromatic heterocycles. The van der Waals surface area contributed by atoms with Crippen LogP contribution in [0.3, 0.4) is 0 Å². The highest BCUT2D eigenvalue weighted by Crippen LogP contribution is 2.29. The van der Waals surface area contributed by atoms with E-state index in [1.807, 2.05) is 12.2 Å². The van der Waals surface area contributed by atoms with Crippen molar-refractivity contribution in [3.05, 3.63) is 72.9 Å². The van der Waals surface area contributed by atoms with Crippen molar-refractivity contribution in [2.75, 3.05) is 26.2 Å². The number of piperazine rings is 1. The van der Waals surface area contributed by atoms with Crippen LogP contribution in [0.5, 0.6) is 0 Å². The topological polar surface area (TPSA) is 15.3 Å². The first kappa shape index (κ1) is 13.8. The zero-order chi connectivity index (χ0) is 13.5. The Morgan fingerprint density at radius 2 is 1.84 bits per heavy atom. The molecule has 19 heavy (non-hydrogen) atoms. The maximum absolute atomic E-state index is 3.96. The highest BCUT2D eigenvalue weighted by Gasteiger charge is 2.23. The Labute approximate surface area is 116 Å². The van der Waals surface area contributed by atoms with E-state index in [1.165, 1.54) is 11.1 Å². The molecule has 1 atom stereocenters. The van der Waals surface area contributed by atoms with Crippen molar-refractivity contribution < 1.29 is 0 Å². The Hall–Kier alpha value is -1.64. The summed E-state index contributed by atoms with van der Waals surface area (Å²) >= 11 is 0. The minimum atomic E-state index is 0.277. The monoisotopic (exact) mass is 254 g/mol. The SMILES string of the molecule is C=C/C=C(\C=C)C(c1ccccc1)N1CCNCC1. The quantitative estimate of drug-likeness (QED) is 0.813. The van der Waals surface area contributed by atoms with Crippen molar-refractivity contribution in [2.45, 2.75) is 6.04 Å². The van der Waals surface area contributed by atoms with Gasteiger partial charge in [-0.05, 0) is 11.1 Å². The van der Waals surface area contributed by atoms with E-state index in [0.717, 1.165) is 26.2 Å². The Morgan fingerprint density at radius 1 is 1.16 bits per heavy atom. The molecule has 1 aromatic carbocycles. The van der Waals surface area contributed by atoms with E-state index >= 15 is 0 Å². The first-order chi connectivity index (χ1) is 9.36. The number of benzene rings is 1. The number of nitrogens with one attached hydrogen (secondary N) is 1. The van der Waals surface area contributed by atoms with Gasteiger partial charge in [-0.3, -0.25) is 4.90 Å². The predicted molar refractivity (Wildman–Crippen MR) is 82.1 cm³/mol. The maximum Gasteiger partial charge on any atom is 0.0602 e. The Kier molecular flexibility index (Phi) is 5.13. The average molecular weight is 254 g/mol. The average Bonchev–Trinajstić information content (AvgIpc) is 2.49. The van der Waals surface area contributed by atoms with Crippen LogP contribution in [-0.2, 0) is 0 Å². The Morgan fingerprint density at radius 3 is 2.42 bits per heavy atom. The van der Waals surface area contributed by atoms with Gasteiger partial charge in [0.05, 0.1) is 6.04 Å². The molecule has 0 radical (unpaired) electrons. The van der Waals surface area contributed by atoms with Crippen LogP contribution in [0.15, 0.2) is 67.3 Å². The van der Waals surface area contributed by atoms with E-state index in [2.05, 4.69) is 59.8 Å². The summed E-state index contributed by atoms with van der Waals surface area (Å²) in [6, 6.07) is 10.9. The minimum Gasteiger partial charge on any atom is -0.314 e. The molecule has 0 bridgehead atoms. The molecule has 0 spiro atoms. The van der Waals surface area contributed by atoms with Gasteiger partial charge in [0.1, 0.15) is 0 Å². The van der Waals surface area contributed by atoms with E-state index in [1.54, 1.807) is 0 Å². The normalized spacial score (nSPS) is 18.8. The first-order valence-electron chi connectivity index (χ1n) is 6.81. The van der Waals surface area contributed by atoms with Crippen molar-refractivity contribution in [1.29, 1.82) is 0 Å². The minimum absolute atomic E-state index is 0.277. The van der Waals surface area contributed by atoms with Crippen molar-refractivity contribution in [3.8, 4) is 0 Å². The van der Waals surface area contributed by atoms with E-state index in [4.69, 9.17) is 0 Å². The van der Waals surface area contributed by atoms with Gasteiger partial charge in [-0.25, -0.2) is 0 Å². The molecule has 2 heteroatoms. The summed E-state index contributed by atoms with van der Waals surface area (Å²) in [5.74, 6) is 0. The lowest BCUT2D eigenvalue weighted by Gasteiger charge is -2.36. The number of nitrogens with zero attached hydrogens (tertiary/aromatic N) is 1. The highest BCUT2D eigenvalue weighted by atomic mass is 15.2. The smallest absolute Gasteiger partial charge is 0.0602 e. The molecular formula is C17H22N2. The third-order valence-corrected chi connectivity index (χ3v) is 3.49. The van der Waals surface area contributed by atoms with Gasteiger partial charge in [0.2, 0.25) is 0 Å². The van der Waals surface area contributed by atoms with Gasteiger partial charge >= 0.3 is 0 Å². The molecule has 0 aliphatic carbocycles. The summed E-state index contributed by atoms with van der Waals surface area (Å²) < 4.78 is 0. The van der Waals surface area contributed by atoms with Crippen LogP contribution in [0.25, 0.3) is 0 Å². The molecule has 0 saturated carbocycles. The molecule has 2 nitrogen and oxygen atoms in total. The van der Waals surface area contributed by atoms with E-state index in [0.29, 0.717) is 0 Å². The van der Waals surface area contributed by atoms with Crippen LogP contribution < -0.4 is 5.32 Å². The van der Waals surface area contributed by atoms with Crippen molar-refractivity contribution in [3.63, 3.8) is 0 Å². The molecule has 1 fully saturated rings. The van der Waals surface area contributed by atoms with E-state index < -0.39 is 0 Å². The van der Waals surface area contributed by atoms with Gasteiger partial charge in [0, 0.05) is 26.2 Å². The second kappa shape index (κ2) is 7.07. The van der Waals surface area contributed by atoms with Crippen LogP contribution in [0, 0.1) is 0 Å². The summed E-state index contributed by atoms with van der Waals surface area (Å²) in [4.78, 5) is 2.50. The number of rotatable bonds is 5. The zero-order valence-corrected chi connectivity index (χ0v) is 11.4. The molecule has 1 aliphatic heterocycles. The van der Waals surface area contributed by atoms with Gasteiger partial charge in [0.25, 0.3) is 0 Å². The van der Waals surface area contributed by atoms with E-state index in [-0.39, 0.29) is 6.04 Å². The molecule has 100 valence electrons. The lowest BCUT2D eigenvalue weighted by Crippen LogP contribution is -2.45. The van der Waals surface area contributed by atoms with Crippen LogP contribution in [0.4, 0.5) is 0 Å². The molecule has 1 unspecified atom stereocenters. The van der Waals surface area contributed by atoms with Gasteiger partial charge < -0.3 is 5.32 Å². The first-order valence-corrected chi connectivity index (χ1v) is 6.81. The standard InChI is InChI=1S/C17H22N2/c1-3-8-15(4-2)17(16-9-6-5-7-10-16)19-13-11-18-12-14-19/h3-10,17-18H,1-2,11-14H2/b15-8+. The van der Waals surface area contributed by atoms with Crippen molar-refractivity contribution in [1.82, 2.24) is 10.2 Å². The fourth-order valence-electron chi connectivity index (χ4n) is 2.60. The zero-order valence-electron chi connectivity index (χ0n) is 11.4. The third-order valence-electron chi connectivity index (χ3n) is 3.49. The largest absolute Gasteiger partial charge is 0.314 e. The van der Waals surface area contributed by atoms with E-state index in [9.17, 15) is 0 Å². The summed E-state index contributed by atoms with van der Waals surface area (Å²) in [7, 11) is 0.